The van der Waals surface area contributed by atoms with Gasteiger partial charge >= 0.3 is 5.97 Å². The van der Waals surface area contributed by atoms with Crippen LogP contribution in [0.3, 0.4) is 0 Å². The van der Waals surface area contributed by atoms with E-state index in [0.29, 0.717) is 16.3 Å². The number of para-hydroxylation sites is 2. The number of benzene rings is 2. The molecule has 1 N–H and O–H groups in total. The third-order valence-electron chi connectivity index (χ3n) is 3.39. The molecule has 0 fully saturated rings. The van der Waals surface area contributed by atoms with Crippen molar-refractivity contribution in [3.8, 4) is 0 Å². The SMILES string of the molecule is CN(C)c1ccc(/C=C(\Sc2nc3ccccc3o2)C(=O)O)cc1. The van der Waals surface area contributed by atoms with Crippen LogP contribution in [0, 0.1) is 0 Å². The highest BCUT2D eigenvalue weighted by Gasteiger charge is 2.14. The fourth-order valence-electron chi connectivity index (χ4n) is 2.14. The Labute approximate surface area is 143 Å². The predicted octanol–water partition coefficient (Wildman–Crippen LogP) is 4.11. The average Bonchev–Trinajstić information content (AvgIpc) is 2.97. The van der Waals surface area contributed by atoms with Crippen LogP contribution in [0.4, 0.5) is 5.69 Å². The van der Waals surface area contributed by atoms with E-state index in [2.05, 4.69) is 4.98 Å². The molecule has 0 saturated carbocycles. The van der Waals surface area contributed by atoms with Crippen molar-refractivity contribution in [3.05, 3.63) is 59.0 Å². The first kappa shape index (κ1) is 16.1. The molecule has 0 spiro atoms. The Morgan fingerprint density at radius 3 is 2.50 bits per heavy atom. The summed E-state index contributed by atoms with van der Waals surface area (Å²) in [6, 6.07) is 15.0. The fraction of sp³-hybridized carbons (Fsp3) is 0.111. The van der Waals surface area contributed by atoms with Crippen molar-refractivity contribution in [2.24, 2.45) is 0 Å². The van der Waals surface area contributed by atoms with E-state index in [1.165, 1.54) is 0 Å². The third-order valence-corrected chi connectivity index (χ3v) is 4.25. The number of carbonyl (C=O) groups is 1. The predicted molar refractivity (Wildman–Crippen MR) is 96.2 cm³/mol. The summed E-state index contributed by atoms with van der Waals surface area (Å²) < 4.78 is 5.58. The van der Waals surface area contributed by atoms with E-state index >= 15 is 0 Å². The second-order valence-electron chi connectivity index (χ2n) is 5.35. The van der Waals surface area contributed by atoms with E-state index in [0.717, 1.165) is 23.0 Å². The maximum Gasteiger partial charge on any atom is 0.342 e. The van der Waals surface area contributed by atoms with Gasteiger partial charge in [0, 0.05) is 19.8 Å². The van der Waals surface area contributed by atoms with Gasteiger partial charge in [0.05, 0.1) is 0 Å². The Kier molecular flexibility index (Phi) is 4.57. The lowest BCUT2D eigenvalue weighted by atomic mass is 10.2. The first-order valence-electron chi connectivity index (χ1n) is 7.29. The summed E-state index contributed by atoms with van der Waals surface area (Å²) in [5.41, 5.74) is 3.21. The lowest BCUT2D eigenvalue weighted by molar-refractivity contribution is -0.131. The van der Waals surface area contributed by atoms with Gasteiger partial charge in [-0.25, -0.2) is 9.78 Å². The molecule has 3 rings (SSSR count). The van der Waals surface area contributed by atoms with Crippen LogP contribution in [0.1, 0.15) is 5.56 Å². The number of carboxylic acids is 1. The highest BCUT2D eigenvalue weighted by molar-refractivity contribution is 8.03. The van der Waals surface area contributed by atoms with Crippen LogP contribution in [0.15, 0.2) is 63.1 Å². The number of rotatable bonds is 5. The number of thioether (sulfide) groups is 1. The lowest BCUT2D eigenvalue weighted by Crippen LogP contribution is -2.07. The molecule has 2 aromatic carbocycles. The highest BCUT2D eigenvalue weighted by atomic mass is 32.2. The molecule has 0 saturated heterocycles. The van der Waals surface area contributed by atoms with E-state index in [9.17, 15) is 9.90 Å². The van der Waals surface area contributed by atoms with Crippen LogP contribution in [-0.4, -0.2) is 30.2 Å². The van der Waals surface area contributed by atoms with Gasteiger partial charge in [-0.2, -0.15) is 0 Å². The topological polar surface area (TPSA) is 66.6 Å². The van der Waals surface area contributed by atoms with Crippen molar-refractivity contribution in [3.63, 3.8) is 0 Å². The molecule has 0 unspecified atom stereocenters. The molecule has 6 heteroatoms. The van der Waals surface area contributed by atoms with Crippen molar-refractivity contribution in [1.82, 2.24) is 4.98 Å². The number of hydrogen-bond donors (Lipinski definition) is 1. The fourth-order valence-corrected chi connectivity index (χ4v) is 2.89. The summed E-state index contributed by atoms with van der Waals surface area (Å²) in [5, 5.41) is 9.76. The molecule has 1 heterocycles. The van der Waals surface area contributed by atoms with Gasteiger partial charge in [-0.05, 0) is 47.7 Å². The average molecular weight is 340 g/mol. The number of aliphatic carboxylic acids is 1. The molecule has 3 aromatic rings. The molecule has 0 aliphatic carbocycles. The van der Waals surface area contributed by atoms with Crippen molar-refractivity contribution in [2.75, 3.05) is 19.0 Å². The zero-order chi connectivity index (χ0) is 17.1. The summed E-state index contributed by atoms with van der Waals surface area (Å²) in [6.07, 6.45) is 1.61. The largest absolute Gasteiger partial charge is 0.477 e. The number of fused-ring (bicyclic) bond motifs is 1. The Balaban J connectivity index is 1.87. The Bertz CT molecular complexity index is 865. The standard InChI is InChI=1S/C18H16N2O3S/c1-20(2)13-9-7-12(8-10-13)11-16(17(21)22)24-18-19-14-5-3-4-6-15(14)23-18/h3-11H,1-2H3,(H,21,22)/b16-11-. The number of anilines is 1. The molecule has 0 aliphatic rings. The zero-order valence-corrected chi connectivity index (χ0v) is 14.1. The third kappa shape index (κ3) is 3.60. The first-order valence-corrected chi connectivity index (χ1v) is 8.10. The second kappa shape index (κ2) is 6.80. The molecule has 122 valence electrons. The maximum absolute atomic E-state index is 11.5. The van der Waals surface area contributed by atoms with Gasteiger partial charge < -0.3 is 14.4 Å². The Morgan fingerprint density at radius 2 is 1.88 bits per heavy atom. The number of hydrogen-bond acceptors (Lipinski definition) is 5. The van der Waals surface area contributed by atoms with Gasteiger partial charge in [-0.15, -0.1) is 0 Å². The monoisotopic (exact) mass is 340 g/mol. The smallest absolute Gasteiger partial charge is 0.342 e. The second-order valence-corrected chi connectivity index (χ2v) is 6.34. The lowest BCUT2D eigenvalue weighted by Gasteiger charge is -2.11. The van der Waals surface area contributed by atoms with Gasteiger partial charge in [0.1, 0.15) is 10.4 Å². The van der Waals surface area contributed by atoms with Gasteiger partial charge in [0.25, 0.3) is 5.22 Å². The van der Waals surface area contributed by atoms with Gasteiger partial charge in [0.2, 0.25) is 0 Å². The number of carboxylic acid groups (broad SMARTS) is 1. The normalized spacial score (nSPS) is 11.7. The van der Waals surface area contributed by atoms with Crippen LogP contribution in [0.2, 0.25) is 0 Å². The van der Waals surface area contributed by atoms with Crippen LogP contribution >= 0.6 is 11.8 Å². The molecule has 24 heavy (non-hydrogen) atoms. The number of nitrogens with zero attached hydrogens (tertiary/aromatic N) is 2. The van der Waals surface area contributed by atoms with Gasteiger partial charge in [-0.1, -0.05) is 24.3 Å². The van der Waals surface area contributed by atoms with Crippen LogP contribution in [-0.2, 0) is 4.79 Å². The number of oxazole rings is 1. The Hall–Kier alpha value is -2.73. The number of aromatic nitrogens is 1. The highest BCUT2D eigenvalue weighted by Crippen LogP contribution is 2.30. The van der Waals surface area contributed by atoms with Crippen molar-refractivity contribution in [2.45, 2.75) is 5.22 Å². The summed E-state index contributed by atoms with van der Waals surface area (Å²) in [6.45, 7) is 0. The van der Waals surface area contributed by atoms with Crippen LogP contribution in [0.5, 0.6) is 0 Å². The molecule has 0 radical (unpaired) electrons. The Morgan fingerprint density at radius 1 is 1.17 bits per heavy atom. The molecule has 0 aliphatic heterocycles. The molecule has 5 nitrogen and oxygen atoms in total. The molecular weight excluding hydrogens is 324 g/mol. The van der Waals surface area contributed by atoms with Gasteiger partial charge in [-0.3, -0.25) is 0 Å². The van der Waals surface area contributed by atoms with E-state index < -0.39 is 5.97 Å². The van der Waals surface area contributed by atoms with Gasteiger partial charge in [0.15, 0.2) is 5.58 Å². The molecule has 0 amide bonds. The van der Waals surface area contributed by atoms with E-state index in [4.69, 9.17) is 4.42 Å². The summed E-state index contributed by atoms with van der Waals surface area (Å²) in [5.74, 6) is -1.01. The minimum Gasteiger partial charge on any atom is -0.477 e. The van der Waals surface area contributed by atoms with E-state index in [1.54, 1.807) is 12.1 Å². The first-order chi connectivity index (χ1) is 11.5. The molecule has 0 atom stereocenters. The summed E-state index contributed by atoms with van der Waals surface area (Å²) in [4.78, 5) is 18.0. The molecule has 1 aromatic heterocycles. The van der Waals surface area contributed by atoms with Crippen molar-refractivity contribution < 1.29 is 14.3 Å². The van der Waals surface area contributed by atoms with E-state index in [-0.39, 0.29) is 4.91 Å². The van der Waals surface area contributed by atoms with E-state index in [1.807, 2.05) is 61.5 Å². The van der Waals surface area contributed by atoms with Crippen molar-refractivity contribution >= 4 is 40.6 Å². The quantitative estimate of drug-likeness (QED) is 0.557. The molecule has 0 bridgehead atoms. The minimum absolute atomic E-state index is 0.152. The molecular formula is C18H16N2O3S. The maximum atomic E-state index is 11.5. The summed E-state index contributed by atoms with van der Waals surface area (Å²) >= 11 is 1.00. The van der Waals surface area contributed by atoms with Crippen LogP contribution < -0.4 is 4.90 Å². The minimum atomic E-state index is -1.01. The zero-order valence-electron chi connectivity index (χ0n) is 13.3. The summed E-state index contributed by atoms with van der Waals surface area (Å²) in [7, 11) is 3.91. The van der Waals surface area contributed by atoms with Crippen molar-refractivity contribution in [1.29, 1.82) is 0 Å². The van der Waals surface area contributed by atoms with Crippen LogP contribution in [0.25, 0.3) is 17.2 Å².